The van der Waals surface area contributed by atoms with Gasteiger partial charge in [-0.3, -0.25) is 10.1 Å². The van der Waals surface area contributed by atoms with Crippen LogP contribution in [0, 0.1) is 10.1 Å². The summed E-state index contributed by atoms with van der Waals surface area (Å²) in [5.74, 6) is 0.936. The molecule has 2 aromatic rings. The molecular weight excluding hydrogens is 244 g/mol. The summed E-state index contributed by atoms with van der Waals surface area (Å²) >= 11 is 0. The van der Waals surface area contributed by atoms with Crippen LogP contribution in [0.2, 0.25) is 0 Å². The SMILES string of the molecule is O=[N+]([O-])c1ccc(CNCC2Cc3ccccc32)o1. The Labute approximate surface area is 110 Å². The zero-order valence-electron chi connectivity index (χ0n) is 10.3. The minimum Gasteiger partial charge on any atom is -0.404 e. The van der Waals surface area contributed by atoms with Crippen LogP contribution in [0.1, 0.15) is 22.8 Å². The summed E-state index contributed by atoms with van der Waals surface area (Å²) in [5.41, 5.74) is 2.82. The second-order valence-electron chi connectivity index (χ2n) is 4.73. The molecule has 1 unspecified atom stereocenters. The molecule has 1 aliphatic rings. The highest BCUT2D eigenvalue weighted by Crippen LogP contribution is 2.34. The molecule has 0 saturated carbocycles. The predicted octanol–water partition coefficient (Wildman–Crippen LogP) is 2.62. The molecule has 0 amide bonds. The molecule has 0 radical (unpaired) electrons. The molecule has 0 bridgehead atoms. The Balaban J connectivity index is 1.50. The van der Waals surface area contributed by atoms with Gasteiger partial charge in [0.25, 0.3) is 0 Å². The summed E-state index contributed by atoms with van der Waals surface area (Å²) in [4.78, 5) is 9.96. The normalized spacial score (nSPS) is 16.7. The van der Waals surface area contributed by atoms with Gasteiger partial charge in [-0.05, 0) is 23.6 Å². The lowest BCUT2D eigenvalue weighted by molar-refractivity contribution is -0.402. The molecule has 5 nitrogen and oxygen atoms in total. The van der Waals surface area contributed by atoms with E-state index in [1.54, 1.807) is 6.07 Å². The quantitative estimate of drug-likeness (QED) is 0.661. The number of nitrogens with zero attached hydrogens (tertiary/aromatic N) is 1. The van der Waals surface area contributed by atoms with Gasteiger partial charge in [-0.1, -0.05) is 24.3 Å². The number of nitrogens with one attached hydrogen (secondary N) is 1. The second-order valence-corrected chi connectivity index (χ2v) is 4.73. The molecule has 1 heterocycles. The fraction of sp³-hybridized carbons (Fsp3) is 0.286. The Bertz CT molecular complexity index is 606. The largest absolute Gasteiger partial charge is 0.433 e. The lowest BCUT2D eigenvalue weighted by Gasteiger charge is -2.30. The summed E-state index contributed by atoms with van der Waals surface area (Å²) in [6.45, 7) is 1.39. The molecule has 0 fully saturated rings. The van der Waals surface area contributed by atoms with Crippen LogP contribution >= 0.6 is 0 Å². The molecule has 1 N–H and O–H groups in total. The Hall–Kier alpha value is -2.14. The first-order chi connectivity index (χ1) is 9.24. The molecule has 0 aliphatic heterocycles. The maximum Gasteiger partial charge on any atom is 0.433 e. The first kappa shape index (κ1) is 11.9. The van der Waals surface area contributed by atoms with E-state index in [9.17, 15) is 10.1 Å². The zero-order valence-corrected chi connectivity index (χ0v) is 10.3. The van der Waals surface area contributed by atoms with E-state index in [0.717, 1.165) is 13.0 Å². The fourth-order valence-electron chi connectivity index (χ4n) is 2.47. The van der Waals surface area contributed by atoms with Crippen LogP contribution < -0.4 is 5.32 Å². The van der Waals surface area contributed by atoms with Crippen molar-refractivity contribution in [1.82, 2.24) is 5.32 Å². The Morgan fingerprint density at radius 3 is 2.89 bits per heavy atom. The van der Waals surface area contributed by atoms with Crippen molar-refractivity contribution in [2.75, 3.05) is 6.54 Å². The van der Waals surface area contributed by atoms with E-state index in [0.29, 0.717) is 18.2 Å². The third kappa shape index (κ3) is 2.37. The standard InChI is InChI=1S/C14H14N2O3/c17-16(18)14-6-5-12(19-14)9-15-8-11-7-10-3-1-2-4-13(10)11/h1-6,11,15H,7-9H2. The van der Waals surface area contributed by atoms with Gasteiger partial charge in [-0.15, -0.1) is 0 Å². The van der Waals surface area contributed by atoms with Crippen molar-refractivity contribution in [1.29, 1.82) is 0 Å². The number of rotatable bonds is 5. The average molecular weight is 258 g/mol. The molecular formula is C14H14N2O3. The highest BCUT2D eigenvalue weighted by atomic mass is 16.6. The average Bonchev–Trinajstić information content (AvgIpc) is 2.84. The van der Waals surface area contributed by atoms with E-state index in [1.165, 1.54) is 17.2 Å². The third-order valence-electron chi connectivity index (χ3n) is 3.48. The molecule has 1 aromatic carbocycles. The van der Waals surface area contributed by atoms with E-state index >= 15 is 0 Å². The number of fused-ring (bicyclic) bond motifs is 1. The van der Waals surface area contributed by atoms with Gasteiger partial charge >= 0.3 is 5.88 Å². The lowest BCUT2D eigenvalue weighted by atomic mass is 9.77. The molecule has 98 valence electrons. The first-order valence-corrected chi connectivity index (χ1v) is 6.25. The summed E-state index contributed by atoms with van der Waals surface area (Å²) in [6.07, 6.45) is 1.10. The Morgan fingerprint density at radius 2 is 2.16 bits per heavy atom. The summed E-state index contributed by atoms with van der Waals surface area (Å²) in [6, 6.07) is 11.4. The minimum absolute atomic E-state index is 0.203. The maximum absolute atomic E-state index is 10.5. The summed E-state index contributed by atoms with van der Waals surface area (Å²) < 4.78 is 5.09. The number of hydrogen-bond acceptors (Lipinski definition) is 4. The fourth-order valence-corrected chi connectivity index (χ4v) is 2.47. The Morgan fingerprint density at radius 1 is 1.32 bits per heavy atom. The summed E-state index contributed by atoms with van der Waals surface area (Å²) in [7, 11) is 0. The van der Waals surface area contributed by atoms with Crippen molar-refractivity contribution in [2.24, 2.45) is 0 Å². The smallest absolute Gasteiger partial charge is 0.404 e. The number of furan rings is 1. The highest BCUT2D eigenvalue weighted by Gasteiger charge is 2.24. The molecule has 3 rings (SSSR count). The van der Waals surface area contributed by atoms with Crippen molar-refractivity contribution in [2.45, 2.75) is 18.9 Å². The van der Waals surface area contributed by atoms with Gasteiger partial charge in [0.05, 0.1) is 12.6 Å². The van der Waals surface area contributed by atoms with Crippen LogP contribution in [-0.4, -0.2) is 11.5 Å². The zero-order chi connectivity index (χ0) is 13.2. The van der Waals surface area contributed by atoms with E-state index in [1.807, 2.05) is 0 Å². The van der Waals surface area contributed by atoms with Gasteiger partial charge in [-0.25, -0.2) is 0 Å². The van der Waals surface area contributed by atoms with Crippen molar-refractivity contribution in [3.05, 3.63) is 63.4 Å². The van der Waals surface area contributed by atoms with Crippen LogP contribution in [-0.2, 0) is 13.0 Å². The van der Waals surface area contributed by atoms with E-state index in [-0.39, 0.29) is 5.88 Å². The van der Waals surface area contributed by atoms with Crippen molar-refractivity contribution in [3.63, 3.8) is 0 Å². The number of nitro groups is 1. The maximum atomic E-state index is 10.5. The summed E-state index contributed by atoms with van der Waals surface area (Å²) in [5, 5.41) is 13.8. The highest BCUT2D eigenvalue weighted by molar-refractivity contribution is 5.40. The van der Waals surface area contributed by atoms with Crippen LogP contribution in [0.25, 0.3) is 0 Å². The topological polar surface area (TPSA) is 68.3 Å². The van der Waals surface area contributed by atoms with Crippen molar-refractivity contribution < 1.29 is 9.34 Å². The van der Waals surface area contributed by atoms with Crippen LogP contribution in [0.5, 0.6) is 0 Å². The predicted molar refractivity (Wildman–Crippen MR) is 70.0 cm³/mol. The van der Waals surface area contributed by atoms with Gasteiger partial charge in [-0.2, -0.15) is 0 Å². The minimum atomic E-state index is -0.522. The van der Waals surface area contributed by atoms with Gasteiger partial charge in [0.1, 0.15) is 10.7 Å². The first-order valence-electron chi connectivity index (χ1n) is 6.25. The van der Waals surface area contributed by atoms with Crippen LogP contribution in [0.3, 0.4) is 0 Å². The molecule has 5 heteroatoms. The Kier molecular flexibility index (Phi) is 3.05. The van der Waals surface area contributed by atoms with E-state index in [2.05, 4.69) is 29.6 Å². The van der Waals surface area contributed by atoms with Gasteiger partial charge < -0.3 is 9.73 Å². The van der Waals surface area contributed by atoms with Crippen molar-refractivity contribution >= 4 is 5.88 Å². The van der Waals surface area contributed by atoms with Crippen molar-refractivity contribution in [3.8, 4) is 0 Å². The lowest BCUT2D eigenvalue weighted by Crippen LogP contribution is -2.28. The molecule has 0 spiro atoms. The van der Waals surface area contributed by atoms with Crippen LogP contribution in [0.4, 0.5) is 5.88 Å². The second kappa shape index (κ2) is 4.85. The van der Waals surface area contributed by atoms with Gasteiger partial charge in [0.2, 0.25) is 0 Å². The van der Waals surface area contributed by atoms with Crippen LogP contribution in [0.15, 0.2) is 40.8 Å². The molecule has 0 saturated heterocycles. The van der Waals surface area contributed by atoms with Gasteiger partial charge in [0, 0.05) is 12.5 Å². The van der Waals surface area contributed by atoms with Gasteiger partial charge in [0.15, 0.2) is 0 Å². The molecule has 1 aromatic heterocycles. The number of hydrogen-bond donors (Lipinski definition) is 1. The molecule has 1 atom stereocenters. The number of benzene rings is 1. The molecule has 1 aliphatic carbocycles. The third-order valence-corrected chi connectivity index (χ3v) is 3.48. The van der Waals surface area contributed by atoms with E-state index < -0.39 is 4.92 Å². The molecule has 19 heavy (non-hydrogen) atoms. The monoisotopic (exact) mass is 258 g/mol. The van der Waals surface area contributed by atoms with E-state index in [4.69, 9.17) is 4.42 Å².